The second-order valence-corrected chi connectivity index (χ2v) is 6.64. The molecule has 0 spiro atoms. The largest absolute Gasteiger partial charge is 0.462 e. The number of carbonyl (C=O) groups excluding carboxylic acids is 1. The van der Waals surface area contributed by atoms with Crippen molar-refractivity contribution in [3.63, 3.8) is 0 Å². The van der Waals surface area contributed by atoms with Gasteiger partial charge in [-0.3, -0.25) is 10.1 Å². The maximum Gasteiger partial charge on any atom is 0.345 e. The Hall–Kier alpha value is -3.60. The predicted octanol–water partition coefficient (Wildman–Crippen LogP) is 3.36. The van der Waals surface area contributed by atoms with Crippen molar-refractivity contribution in [3.05, 3.63) is 63.7 Å². The van der Waals surface area contributed by atoms with E-state index in [1.807, 2.05) is 18.2 Å². The van der Waals surface area contributed by atoms with Crippen LogP contribution < -0.4 is 9.80 Å². The lowest BCUT2D eigenvalue weighted by Gasteiger charge is -2.25. The lowest BCUT2D eigenvalue weighted by molar-refractivity contribution is -0.385. The molecule has 0 amide bonds. The van der Waals surface area contributed by atoms with Crippen molar-refractivity contribution in [3.8, 4) is 6.07 Å². The van der Waals surface area contributed by atoms with Crippen LogP contribution in [0.3, 0.4) is 0 Å². The topological polar surface area (TPSA) is 99.7 Å². The van der Waals surface area contributed by atoms with Crippen molar-refractivity contribution in [1.29, 1.82) is 5.26 Å². The summed E-state index contributed by atoms with van der Waals surface area (Å²) in [6.07, 6.45) is 0.853. The average molecular weight is 394 g/mol. The van der Waals surface area contributed by atoms with Crippen LogP contribution in [0.4, 0.5) is 17.1 Å². The van der Waals surface area contributed by atoms with E-state index in [2.05, 4.69) is 15.9 Å². The number of anilines is 2. The highest BCUT2D eigenvalue weighted by Crippen LogP contribution is 2.28. The van der Waals surface area contributed by atoms with Crippen LogP contribution in [-0.2, 0) is 4.74 Å². The fourth-order valence-electron chi connectivity index (χ4n) is 3.51. The lowest BCUT2D eigenvalue weighted by Crippen LogP contribution is -2.31. The number of nitro benzene ring substituents is 1. The Morgan fingerprint density at radius 1 is 1.17 bits per heavy atom. The Kier molecular flexibility index (Phi) is 6.29. The van der Waals surface area contributed by atoms with Crippen molar-refractivity contribution < 1.29 is 14.5 Å². The molecule has 3 rings (SSSR count). The minimum Gasteiger partial charge on any atom is -0.462 e. The molecule has 150 valence electrons. The Morgan fingerprint density at radius 3 is 2.62 bits per heavy atom. The first-order chi connectivity index (χ1) is 14.0. The number of carbonyl (C=O) groups is 1. The predicted molar refractivity (Wildman–Crippen MR) is 109 cm³/mol. The van der Waals surface area contributed by atoms with Crippen LogP contribution in [0.5, 0.6) is 0 Å². The van der Waals surface area contributed by atoms with Crippen LogP contribution in [0.15, 0.2) is 42.5 Å². The Labute approximate surface area is 169 Å². The van der Waals surface area contributed by atoms with Crippen molar-refractivity contribution in [2.75, 3.05) is 42.6 Å². The van der Waals surface area contributed by atoms with Crippen LogP contribution in [0.2, 0.25) is 0 Å². The number of rotatable bonds is 5. The van der Waals surface area contributed by atoms with E-state index in [-0.39, 0.29) is 17.9 Å². The van der Waals surface area contributed by atoms with Gasteiger partial charge in [-0.05, 0) is 37.6 Å². The van der Waals surface area contributed by atoms with E-state index in [9.17, 15) is 20.2 Å². The molecule has 29 heavy (non-hydrogen) atoms. The van der Waals surface area contributed by atoms with Crippen LogP contribution in [0, 0.1) is 21.4 Å². The summed E-state index contributed by atoms with van der Waals surface area (Å²) in [4.78, 5) is 27.2. The van der Waals surface area contributed by atoms with Crippen LogP contribution in [-0.4, -0.2) is 43.7 Å². The summed E-state index contributed by atoms with van der Waals surface area (Å²) in [6.45, 7) is 4.72. The summed E-state index contributed by atoms with van der Waals surface area (Å²) in [5.74, 6) is -0.694. The normalized spacial score (nSPS) is 14.1. The van der Waals surface area contributed by atoms with Crippen molar-refractivity contribution in [2.45, 2.75) is 13.3 Å². The molecule has 1 saturated heterocycles. The molecule has 0 atom stereocenters. The molecular formula is C21H22N4O4. The third kappa shape index (κ3) is 4.46. The van der Waals surface area contributed by atoms with Gasteiger partial charge in [-0.25, -0.2) is 4.79 Å². The zero-order valence-corrected chi connectivity index (χ0v) is 16.2. The van der Waals surface area contributed by atoms with Gasteiger partial charge < -0.3 is 14.5 Å². The maximum absolute atomic E-state index is 12.2. The van der Waals surface area contributed by atoms with Gasteiger partial charge in [-0.2, -0.15) is 5.26 Å². The monoisotopic (exact) mass is 394 g/mol. The van der Waals surface area contributed by atoms with Crippen LogP contribution in [0.1, 0.15) is 29.3 Å². The van der Waals surface area contributed by atoms with Crippen LogP contribution >= 0.6 is 0 Å². The van der Waals surface area contributed by atoms with Gasteiger partial charge in [0.1, 0.15) is 11.6 Å². The zero-order chi connectivity index (χ0) is 20.8. The zero-order valence-electron chi connectivity index (χ0n) is 16.2. The van der Waals surface area contributed by atoms with E-state index in [0.717, 1.165) is 30.9 Å². The number of hydrogen-bond donors (Lipinski definition) is 0. The summed E-state index contributed by atoms with van der Waals surface area (Å²) in [5, 5.41) is 20.6. The number of esters is 1. The molecule has 0 unspecified atom stereocenters. The Bertz CT molecular complexity index is 954. The fraction of sp³-hybridized carbons (Fsp3) is 0.333. The summed E-state index contributed by atoms with van der Waals surface area (Å²) in [6, 6.07) is 14.3. The van der Waals surface area contributed by atoms with Gasteiger partial charge >= 0.3 is 5.97 Å². The first-order valence-corrected chi connectivity index (χ1v) is 9.49. The van der Waals surface area contributed by atoms with Gasteiger partial charge in [0.15, 0.2) is 0 Å². The Balaban J connectivity index is 1.83. The summed E-state index contributed by atoms with van der Waals surface area (Å²) < 4.78 is 4.99. The highest BCUT2D eigenvalue weighted by Gasteiger charge is 2.24. The molecule has 8 nitrogen and oxygen atoms in total. The second kappa shape index (κ2) is 9.06. The van der Waals surface area contributed by atoms with Crippen LogP contribution in [0.25, 0.3) is 0 Å². The van der Waals surface area contributed by atoms with Gasteiger partial charge in [0.05, 0.1) is 22.8 Å². The molecule has 1 fully saturated rings. The third-order valence-electron chi connectivity index (χ3n) is 4.90. The average Bonchev–Trinajstić information content (AvgIpc) is 2.99. The summed E-state index contributed by atoms with van der Waals surface area (Å²) in [5.41, 5.74) is 2.00. The van der Waals surface area contributed by atoms with Crippen molar-refractivity contribution in [1.82, 2.24) is 0 Å². The van der Waals surface area contributed by atoms with Crippen molar-refractivity contribution >= 4 is 23.0 Å². The van der Waals surface area contributed by atoms with Gasteiger partial charge in [0.25, 0.3) is 5.69 Å². The second-order valence-electron chi connectivity index (χ2n) is 6.64. The first-order valence-electron chi connectivity index (χ1n) is 9.49. The van der Waals surface area contributed by atoms with E-state index in [4.69, 9.17) is 4.74 Å². The number of nitro groups is 1. The molecule has 2 aromatic rings. The molecule has 1 aliphatic rings. The summed E-state index contributed by atoms with van der Waals surface area (Å²) >= 11 is 0. The number of hydrogen-bond acceptors (Lipinski definition) is 7. The molecule has 0 aromatic heterocycles. The number of ether oxygens (including phenoxy) is 1. The van der Waals surface area contributed by atoms with E-state index in [1.54, 1.807) is 19.1 Å². The molecule has 0 N–H and O–H groups in total. The standard InChI is InChI=1S/C21H22N4O4/c1-2-29-21(26)18-14-17(8-9-20(18)25(27)28)23-10-5-11-24(13-12-23)19-7-4-3-6-16(19)15-22/h3-4,6-9,14H,2,5,10-13H2,1H3. The van der Waals surface area contributed by atoms with E-state index in [1.165, 1.54) is 12.1 Å². The third-order valence-corrected chi connectivity index (χ3v) is 4.90. The highest BCUT2D eigenvalue weighted by atomic mass is 16.6. The SMILES string of the molecule is CCOC(=O)c1cc(N2CCCN(c3ccccc3C#N)CC2)ccc1[N+](=O)[O-]. The Morgan fingerprint density at radius 2 is 1.90 bits per heavy atom. The number of para-hydroxylation sites is 1. The quantitative estimate of drug-likeness (QED) is 0.435. The highest BCUT2D eigenvalue weighted by molar-refractivity contribution is 5.95. The molecule has 0 radical (unpaired) electrons. The molecule has 1 heterocycles. The molecule has 2 aromatic carbocycles. The minimum absolute atomic E-state index is 0.0368. The fourth-order valence-corrected chi connectivity index (χ4v) is 3.51. The summed E-state index contributed by atoms with van der Waals surface area (Å²) in [7, 11) is 0. The van der Waals surface area contributed by atoms with E-state index in [0.29, 0.717) is 18.7 Å². The van der Waals surface area contributed by atoms with Gasteiger partial charge in [0, 0.05) is 37.9 Å². The number of benzene rings is 2. The van der Waals surface area contributed by atoms with Gasteiger partial charge in [-0.1, -0.05) is 12.1 Å². The van der Waals surface area contributed by atoms with Gasteiger partial charge in [-0.15, -0.1) is 0 Å². The van der Waals surface area contributed by atoms with Gasteiger partial charge in [0.2, 0.25) is 0 Å². The molecule has 8 heteroatoms. The number of nitrogens with zero attached hydrogens (tertiary/aromatic N) is 4. The molecule has 0 aliphatic carbocycles. The van der Waals surface area contributed by atoms with E-state index < -0.39 is 10.9 Å². The van der Waals surface area contributed by atoms with Crippen molar-refractivity contribution in [2.24, 2.45) is 0 Å². The molecular weight excluding hydrogens is 372 g/mol. The molecule has 1 aliphatic heterocycles. The molecule has 0 bridgehead atoms. The molecule has 0 saturated carbocycles. The lowest BCUT2D eigenvalue weighted by atomic mass is 10.1. The minimum atomic E-state index is -0.694. The smallest absolute Gasteiger partial charge is 0.345 e. The van der Waals surface area contributed by atoms with E-state index >= 15 is 0 Å². The maximum atomic E-state index is 12.2. The first kappa shape index (κ1) is 20.1. The number of nitriles is 1.